The number of rotatable bonds is 3. The molecule has 1 aromatic carbocycles. The zero-order valence-corrected chi connectivity index (χ0v) is 12.7. The molecule has 0 radical (unpaired) electrons. The second-order valence-electron chi connectivity index (χ2n) is 5.94. The molecule has 0 spiro atoms. The first-order valence-electron chi connectivity index (χ1n) is 7.37. The van der Waals surface area contributed by atoms with Crippen LogP contribution in [-0.4, -0.2) is 31.1 Å². The molecule has 0 heterocycles. The maximum atomic E-state index is 12.9. The van der Waals surface area contributed by atoms with Crippen LogP contribution in [-0.2, 0) is 6.18 Å². The van der Waals surface area contributed by atoms with Crippen molar-refractivity contribution in [3.63, 3.8) is 0 Å². The fourth-order valence-corrected chi connectivity index (χ4v) is 3.03. The van der Waals surface area contributed by atoms with E-state index in [0.29, 0.717) is 0 Å². The molecule has 0 unspecified atom stereocenters. The molecule has 0 bridgehead atoms. The Balaban J connectivity index is 2.29. The fraction of sp³-hybridized carbons (Fsp3) is 0.562. The predicted molar refractivity (Wildman–Crippen MR) is 79.5 cm³/mol. The number of nitriles is 1. The molecule has 1 N–H and O–H groups in total. The normalized spacial score (nSPS) is 22.4. The summed E-state index contributed by atoms with van der Waals surface area (Å²) in [6, 6.07) is 5.51. The van der Waals surface area contributed by atoms with Crippen LogP contribution in [0.4, 0.5) is 18.9 Å². The van der Waals surface area contributed by atoms with Crippen LogP contribution in [0.2, 0.25) is 0 Å². The van der Waals surface area contributed by atoms with Crippen molar-refractivity contribution in [1.82, 2.24) is 4.90 Å². The molecule has 3 nitrogen and oxygen atoms in total. The van der Waals surface area contributed by atoms with Crippen LogP contribution < -0.4 is 5.32 Å². The van der Waals surface area contributed by atoms with E-state index in [9.17, 15) is 13.2 Å². The standard InChI is InChI=1S/C16H20F3N3/c1-22(2)15-6-4-3-5-13(15)21-14-9-12(16(17,18)19)8-7-11(14)10-20/h7-9,13,15,21H,3-6H2,1-2H3/t13-,15-/m1/s1. The number of halogens is 3. The maximum absolute atomic E-state index is 12.9. The summed E-state index contributed by atoms with van der Waals surface area (Å²) >= 11 is 0. The van der Waals surface area contributed by atoms with Crippen LogP contribution in [0.1, 0.15) is 36.8 Å². The number of benzene rings is 1. The molecule has 0 saturated heterocycles. The predicted octanol–water partition coefficient (Wildman–Crippen LogP) is 3.86. The summed E-state index contributed by atoms with van der Waals surface area (Å²) in [6.45, 7) is 0. The van der Waals surface area contributed by atoms with Crippen molar-refractivity contribution in [1.29, 1.82) is 5.26 Å². The Hall–Kier alpha value is -1.74. The van der Waals surface area contributed by atoms with E-state index in [-0.39, 0.29) is 23.3 Å². The van der Waals surface area contributed by atoms with Crippen molar-refractivity contribution in [3.8, 4) is 6.07 Å². The van der Waals surface area contributed by atoms with Gasteiger partial charge in [0, 0.05) is 12.1 Å². The molecule has 1 aliphatic carbocycles. The second-order valence-corrected chi connectivity index (χ2v) is 5.94. The highest BCUT2D eigenvalue weighted by Gasteiger charge is 2.32. The number of hydrogen-bond donors (Lipinski definition) is 1. The van der Waals surface area contributed by atoms with Crippen LogP contribution in [0.25, 0.3) is 0 Å². The Labute approximate surface area is 128 Å². The fourth-order valence-electron chi connectivity index (χ4n) is 3.03. The molecule has 1 saturated carbocycles. The van der Waals surface area contributed by atoms with Crippen molar-refractivity contribution >= 4 is 5.69 Å². The zero-order valence-electron chi connectivity index (χ0n) is 12.7. The Morgan fingerprint density at radius 1 is 1.23 bits per heavy atom. The third-order valence-electron chi connectivity index (χ3n) is 4.20. The Kier molecular flexibility index (Phi) is 4.97. The summed E-state index contributed by atoms with van der Waals surface area (Å²) in [5.74, 6) is 0. The van der Waals surface area contributed by atoms with Gasteiger partial charge in [0.25, 0.3) is 0 Å². The average Bonchev–Trinajstić information content (AvgIpc) is 2.46. The number of hydrogen-bond acceptors (Lipinski definition) is 3. The molecule has 6 heteroatoms. The van der Waals surface area contributed by atoms with E-state index in [1.807, 2.05) is 20.2 Å². The van der Waals surface area contributed by atoms with Crippen molar-refractivity contribution in [2.24, 2.45) is 0 Å². The summed E-state index contributed by atoms with van der Waals surface area (Å²) in [7, 11) is 3.95. The first-order chi connectivity index (χ1) is 10.3. The minimum atomic E-state index is -4.40. The number of nitrogens with zero attached hydrogens (tertiary/aromatic N) is 2. The van der Waals surface area contributed by atoms with Crippen molar-refractivity contribution in [2.45, 2.75) is 43.9 Å². The van der Waals surface area contributed by atoms with Gasteiger partial charge in [-0.25, -0.2) is 0 Å². The van der Waals surface area contributed by atoms with Gasteiger partial charge in [-0.2, -0.15) is 18.4 Å². The molecular weight excluding hydrogens is 291 g/mol. The summed E-state index contributed by atoms with van der Waals surface area (Å²) < 4.78 is 38.6. The maximum Gasteiger partial charge on any atom is 0.416 e. The molecule has 0 aromatic heterocycles. The molecule has 0 amide bonds. The summed E-state index contributed by atoms with van der Waals surface area (Å²) in [4.78, 5) is 2.09. The highest BCUT2D eigenvalue weighted by molar-refractivity contribution is 5.60. The zero-order chi connectivity index (χ0) is 16.3. The van der Waals surface area contributed by atoms with Crippen LogP contribution in [0.15, 0.2) is 18.2 Å². The first-order valence-corrected chi connectivity index (χ1v) is 7.37. The molecule has 120 valence electrons. The minimum absolute atomic E-state index is 0.0549. The minimum Gasteiger partial charge on any atom is -0.380 e. The van der Waals surface area contributed by atoms with Gasteiger partial charge in [-0.05, 0) is 45.1 Å². The lowest BCUT2D eigenvalue weighted by Crippen LogP contribution is -2.45. The molecule has 0 aliphatic heterocycles. The van der Waals surface area contributed by atoms with Gasteiger partial charge in [0.15, 0.2) is 0 Å². The Morgan fingerprint density at radius 3 is 2.50 bits per heavy atom. The van der Waals surface area contributed by atoms with Gasteiger partial charge in [0.1, 0.15) is 6.07 Å². The van der Waals surface area contributed by atoms with Crippen molar-refractivity contribution in [3.05, 3.63) is 29.3 Å². The SMILES string of the molecule is CN(C)[C@@H]1CCCC[C@H]1Nc1cc(C(F)(F)F)ccc1C#N. The van der Waals surface area contributed by atoms with Crippen molar-refractivity contribution in [2.75, 3.05) is 19.4 Å². The van der Waals surface area contributed by atoms with Gasteiger partial charge in [-0.3, -0.25) is 0 Å². The lowest BCUT2D eigenvalue weighted by atomic mass is 9.89. The van der Waals surface area contributed by atoms with E-state index < -0.39 is 11.7 Å². The van der Waals surface area contributed by atoms with E-state index >= 15 is 0 Å². The van der Waals surface area contributed by atoms with E-state index in [0.717, 1.165) is 37.8 Å². The van der Waals surface area contributed by atoms with Crippen LogP contribution in [0.5, 0.6) is 0 Å². The molecule has 2 atom stereocenters. The number of alkyl halides is 3. The largest absolute Gasteiger partial charge is 0.416 e. The van der Waals surface area contributed by atoms with Gasteiger partial charge in [-0.1, -0.05) is 12.8 Å². The lowest BCUT2D eigenvalue weighted by molar-refractivity contribution is -0.137. The smallest absolute Gasteiger partial charge is 0.380 e. The first kappa shape index (κ1) is 16.6. The van der Waals surface area contributed by atoms with E-state index in [1.54, 1.807) is 0 Å². The molecule has 1 aliphatic rings. The molecule has 1 aromatic rings. The van der Waals surface area contributed by atoms with Crippen molar-refractivity contribution < 1.29 is 13.2 Å². The van der Waals surface area contributed by atoms with Gasteiger partial charge in [0.05, 0.1) is 16.8 Å². The van der Waals surface area contributed by atoms with Gasteiger partial charge in [-0.15, -0.1) is 0 Å². The van der Waals surface area contributed by atoms with Crippen LogP contribution in [0, 0.1) is 11.3 Å². The summed E-state index contributed by atoms with van der Waals surface area (Å²) in [5.41, 5.74) is -0.210. The van der Waals surface area contributed by atoms with Gasteiger partial charge >= 0.3 is 6.18 Å². The average molecular weight is 311 g/mol. The summed E-state index contributed by atoms with van der Waals surface area (Å²) in [6.07, 6.45) is -0.342. The quantitative estimate of drug-likeness (QED) is 0.921. The molecule has 2 rings (SSSR count). The number of anilines is 1. The molecule has 22 heavy (non-hydrogen) atoms. The summed E-state index contributed by atoms with van der Waals surface area (Å²) in [5, 5.41) is 12.3. The number of likely N-dealkylation sites (N-methyl/N-ethyl adjacent to an activating group) is 1. The van der Waals surface area contributed by atoms with Gasteiger partial charge < -0.3 is 10.2 Å². The van der Waals surface area contributed by atoms with Crippen LogP contribution >= 0.6 is 0 Å². The van der Waals surface area contributed by atoms with Gasteiger partial charge in [0.2, 0.25) is 0 Å². The monoisotopic (exact) mass is 311 g/mol. The number of nitrogens with one attached hydrogen (secondary N) is 1. The molecule has 1 fully saturated rings. The Bertz CT molecular complexity index is 561. The van der Waals surface area contributed by atoms with E-state index in [4.69, 9.17) is 5.26 Å². The molecular formula is C16H20F3N3. The van der Waals surface area contributed by atoms with E-state index in [1.165, 1.54) is 6.07 Å². The topological polar surface area (TPSA) is 39.1 Å². The van der Waals surface area contributed by atoms with Crippen LogP contribution in [0.3, 0.4) is 0 Å². The highest BCUT2D eigenvalue weighted by Crippen LogP contribution is 2.33. The third-order valence-corrected chi connectivity index (χ3v) is 4.20. The van der Waals surface area contributed by atoms with E-state index in [2.05, 4.69) is 10.2 Å². The lowest BCUT2D eigenvalue weighted by Gasteiger charge is -2.37. The highest BCUT2D eigenvalue weighted by atomic mass is 19.4. The Morgan fingerprint density at radius 2 is 1.91 bits per heavy atom. The third kappa shape index (κ3) is 3.72. The second kappa shape index (κ2) is 6.57.